The third kappa shape index (κ3) is 3.91. The Bertz CT molecular complexity index is 845. The van der Waals surface area contributed by atoms with Gasteiger partial charge in [0.2, 0.25) is 17.7 Å². The van der Waals surface area contributed by atoms with Crippen LogP contribution in [0.3, 0.4) is 0 Å². The van der Waals surface area contributed by atoms with Crippen LogP contribution in [0.5, 0.6) is 0 Å². The number of rotatable bonds is 5. The summed E-state index contributed by atoms with van der Waals surface area (Å²) < 4.78 is 19.0. The van der Waals surface area contributed by atoms with Crippen molar-refractivity contribution in [3.8, 4) is 11.5 Å². The Hall–Kier alpha value is -3.02. The van der Waals surface area contributed by atoms with Crippen LogP contribution in [0.4, 0.5) is 4.39 Å². The number of nitrogens with zero attached hydrogens (tertiary/aromatic N) is 2. The molecule has 0 saturated heterocycles. The van der Waals surface area contributed by atoms with E-state index in [1.165, 1.54) is 12.1 Å². The van der Waals surface area contributed by atoms with Gasteiger partial charge < -0.3 is 9.73 Å². The zero-order valence-corrected chi connectivity index (χ0v) is 13.9. The van der Waals surface area contributed by atoms with Gasteiger partial charge in [-0.15, -0.1) is 10.2 Å². The standard InChI is InChI=1S/C19H18FN3O2/c1-12(2)17(24)21-16(13-8-10-15(20)11-9-13)19-23-22-18(25-19)14-6-4-3-5-7-14/h3-12,16H,1-2H3,(H,21,24). The van der Waals surface area contributed by atoms with Gasteiger partial charge in [-0.1, -0.05) is 44.2 Å². The van der Waals surface area contributed by atoms with E-state index in [0.717, 1.165) is 5.56 Å². The van der Waals surface area contributed by atoms with Crippen molar-refractivity contribution < 1.29 is 13.6 Å². The fraction of sp³-hybridized carbons (Fsp3) is 0.211. The zero-order valence-electron chi connectivity index (χ0n) is 13.9. The van der Waals surface area contributed by atoms with Gasteiger partial charge in [-0.3, -0.25) is 4.79 Å². The third-order valence-corrected chi connectivity index (χ3v) is 3.72. The van der Waals surface area contributed by atoms with Crippen molar-refractivity contribution in [3.63, 3.8) is 0 Å². The smallest absolute Gasteiger partial charge is 0.247 e. The minimum atomic E-state index is -0.638. The number of amides is 1. The van der Waals surface area contributed by atoms with Crippen molar-refractivity contribution in [3.05, 3.63) is 71.9 Å². The van der Waals surface area contributed by atoms with Gasteiger partial charge >= 0.3 is 0 Å². The van der Waals surface area contributed by atoms with Gasteiger partial charge in [-0.05, 0) is 29.8 Å². The number of nitrogens with one attached hydrogen (secondary N) is 1. The summed E-state index contributed by atoms with van der Waals surface area (Å²) in [4.78, 5) is 12.2. The van der Waals surface area contributed by atoms with Crippen LogP contribution in [-0.4, -0.2) is 16.1 Å². The van der Waals surface area contributed by atoms with Crippen LogP contribution in [0.15, 0.2) is 59.0 Å². The molecule has 3 aromatic rings. The lowest BCUT2D eigenvalue weighted by atomic mass is 10.1. The molecule has 1 unspecified atom stereocenters. The Labute approximate surface area is 144 Å². The van der Waals surface area contributed by atoms with E-state index in [-0.39, 0.29) is 23.5 Å². The van der Waals surface area contributed by atoms with Crippen LogP contribution in [0.2, 0.25) is 0 Å². The number of benzene rings is 2. The summed E-state index contributed by atoms with van der Waals surface area (Å²) in [6.07, 6.45) is 0. The van der Waals surface area contributed by atoms with Gasteiger partial charge in [0.25, 0.3) is 0 Å². The van der Waals surface area contributed by atoms with E-state index < -0.39 is 6.04 Å². The monoisotopic (exact) mass is 339 g/mol. The highest BCUT2D eigenvalue weighted by Crippen LogP contribution is 2.25. The van der Waals surface area contributed by atoms with Gasteiger partial charge in [0, 0.05) is 11.5 Å². The van der Waals surface area contributed by atoms with Crippen LogP contribution < -0.4 is 5.32 Å². The predicted octanol–water partition coefficient (Wildman–Crippen LogP) is 3.74. The molecule has 1 amide bonds. The third-order valence-electron chi connectivity index (χ3n) is 3.72. The molecule has 3 rings (SSSR count). The summed E-state index contributed by atoms with van der Waals surface area (Å²) in [6, 6.07) is 14.6. The van der Waals surface area contributed by atoms with Crippen LogP contribution in [0, 0.1) is 11.7 Å². The fourth-order valence-electron chi connectivity index (χ4n) is 2.30. The lowest BCUT2D eigenvalue weighted by molar-refractivity contribution is -0.124. The molecular weight excluding hydrogens is 321 g/mol. The molecule has 0 aliphatic rings. The van der Waals surface area contributed by atoms with E-state index in [1.54, 1.807) is 26.0 Å². The molecule has 5 nitrogen and oxygen atoms in total. The average molecular weight is 339 g/mol. The van der Waals surface area contributed by atoms with E-state index >= 15 is 0 Å². The van der Waals surface area contributed by atoms with Crippen molar-refractivity contribution >= 4 is 5.91 Å². The second kappa shape index (κ2) is 7.25. The molecule has 1 aromatic heterocycles. The molecule has 0 bridgehead atoms. The normalized spacial score (nSPS) is 12.2. The van der Waals surface area contributed by atoms with E-state index in [9.17, 15) is 9.18 Å². The first-order chi connectivity index (χ1) is 12.0. The maximum absolute atomic E-state index is 13.2. The van der Waals surface area contributed by atoms with Crippen molar-refractivity contribution in [2.24, 2.45) is 5.92 Å². The van der Waals surface area contributed by atoms with Crippen molar-refractivity contribution in [1.82, 2.24) is 15.5 Å². The highest BCUT2D eigenvalue weighted by Gasteiger charge is 2.24. The molecular formula is C19H18FN3O2. The summed E-state index contributed by atoms with van der Waals surface area (Å²) in [5.41, 5.74) is 1.45. The molecule has 1 heterocycles. The Kier molecular flexibility index (Phi) is 4.88. The highest BCUT2D eigenvalue weighted by atomic mass is 19.1. The van der Waals surface area contributed by atoms with E-state index in [1.807, 2.05) is 30.3 Å². The Morgan fingerprint density at radius 2 is 1.72 bits per heavy atom. The quantitative estimate of drug-likeness (QED) is 0.769. The average Bonchev–Trinajstić information content (AvgIpc) is 3.11. The van der Waals surface area contributed by atoms with Crippen molar-refractivity contribution in [2.45, 2.75) is 19.9 Å². The summed E-state index contributed by atoms with van der Waals surface area (Å²) >= 11 is 0. The SMILES string of the molecule is CC(C)C(=O)NC(c1ccc(F)cc1)c1nnc(-c2ccccc2)o1. The molecule has 0 aliphatic heterocycles. The van der Waals surface area contributed by atoms with Gasteiger partial charge in [0.05, 0.1) is 0 Å². The van der Waals surface area contributed by atoms with Crippen molar-refractivity contribution in [1.29, 1.82) is 0 Å². The summed E-state index contributed by atoms with van der Waals surface area (Å²) in [5.74, 6) is -0.109. The van der Waals surface area contributed by atoms with Gasteiger partial charge in [0.15, 0.2) is 0 Å². The molecule has 0 radical (unpaired) electrons. The number of carbonyl (C=O) groups excluding carboxylic acids is 1. The first-order valence-corrected chi connectivity index (χ1v) is 7.99. The summed E-state index contributed by atoms with van der Waals surface area (Å²) in [5, 5.41) is 11.0. The number of hydrogen-bond acceptors (Lipinski definition) is 4. The zero-order chi connectivity index (χ0) is 17.8. The number of aromatic nitrogens is 2. The lowest BCUT2D eigenvalue weighted by Crippen LogP contribution is -2.32. The maximum atomic E-state index is 13.2. The fourth-order valence-corrected chi connectivity index (χ4v) is 2.30. The van der Waals surface area contributed by atoms with E-state index in [4.69, 9.17) is 4.42 Å². The second-order valence-electron chi connectivity index (χ2n) is 5.96. The topological polar surface area (TPSA) is 68.0 Å². The lowest BCUT2D eigenvalue weighted by Gasteiger charge is -2.17. The molecule has 0 aliphatic carbocycles. The van der Waals surface area contributed by atoms with Gasteiger partial charge in [0.1, 0.15) is 11.9 Å². The molecule has 0 fully saturated rings. The molecule has 128 valence electrons. The Morgan fingerprint density at radius 1 is 1.04 bits per heavy atom. The summed E-state index contributed by atoms with van der Waals surface area (Å²) in [7, 11) is 0. The highest BCUT2D eigenvalue weighted by molar-refractivity contribution is 5.78. The number of hydrogen-bond donors (Lipinski definition) is 1. The first kappa shape index (κ1) is 16.8. The number of carbonyl (C=O) groups is 1. The minimum Gasteiger partial charge on any atom is -0.418 e. The maximum Gasteiger partial charge on any atom is 0.247 e. The van der Waals surface area contributed by atoms with Crippen LogP contribution in [0.1, 0.15) is 31.3 Å². The van der Waals surface area contributed by atoms with E-state index in [0.29, 0.717) is 11.5 Å². The predicted molar refractivity (Wildman–Crippen MR) is 91.0 cm³/mol. The molecule has 6 heteroatoms. The first-order valence-electron chi connectivity index (χ1n) is 7.99. The second-order valence-corrected chi connectivity index (χ2v) is 5.96. The Balaban J connectivity index is 1.95. The molecule has 2 aromatic carbocycles. The van der Waals surface area contributed by atoms with Gasteiger partial charge in [-0.2, -0.15) is 0 Å². The van der Waals surface area contributed by atoms with Gasteiger partial charge in [-0.25, -0.2) is 4.39 Å². The van der Waals surface area contributed by atoms with E-state index in [2.05, 4.69) is 15.5 Å². The molecule has 0 spiro atoms. The largest absolute Gasteiger partial charge is 0.418 e. The molecule has 1 atom stereocenters. The molecule has 0 saturated carbocycles. The Morgan fingerprint density at radius 3 is 2.36 bits per heavy atom. The molecule has 25 heavy (non-hydrogen) atoms. The van der Waals surface area contributed by atoms with Crippen LogP contribution in [0.25, 0.3) is 11.5 Å². The summed E-state index contributed by atoms with van der Waals surface area (Å²) in [6.45, 7) is 3.58. The number of halogens is 1. The molecule has 1 N–H and O–H groups in total. The van der Waals surface area contributed by atoms with Crippen molar-refractivity contribution in [2.75, 3.05) is 0 Å². The van der Waals surface area contributed by atoms with Crippen LogP contribution >= 0.6 is 0 Å². The van der Waals surface area contributed by atoms with Crippen LogP contribution in [-0.2, 0) is 4.79 Å². The minimum absolute atomic E-state index is 0.159.